The van der Waals surface area contributed by atoms with Crippen molar-refractivity contribution in [1.29, 1.82) is 0 Å². The van der Waals surface area contributed by atoms with E-state index in [4.69, 9.17) is 23.7 Å². The number of rotatable bonds is 17. The van der Waals surface area contributed by atoms with Gasteiger partial charge in [0.25, 0.3) is 0 Å². The van der Waals surface area contributed by atoms with Gasteiger partial charge in [0.05, 0.1) is 19.3 Å². The van der Waals surface area contributed by atoms with Crippen molar-refractivity contribution in [2.45, 2.75) is 37.7 Å². The van der Waals surface area contributed by atoms with E-state index in [0.717, 1.165) is 36.1 Å². The lowest BCUT2D eigenvalue weighted by atomic mass is 9.92. The summed E-state index contributed by atoms with van der Waals surface area (Å²) in [5.74, 6) is 1.11. The summed E-state index contributed by atoms with van der Waals surface area (Å²) in [4.78, 5) is 12.3. The maximum atomic E-state index is 12.6. The number of amides is 1. The van der Waals surface area contributed by atoms with Crippen molar-refractivity contribution >= 4 is 16.3 Å². The number of carbonyl (C=O) groups excluding carboxylic acids is 1. The maximum Gasteiger partial charge on any atom is 0.421 e. The van der Waals surface area contributed by atoms with Crippen LogP contribution in [0.15, 0.2) is 78.9 Å². The molecular formula is C32H40N2O8S. The lowest BCUT2D eigenvalue weighted by Crippen LogP contribution is -2.42. The fraction of sp³-hybridized carbons (Fsp3) is 0.406. The molecule has 10 nitrogen and oxygen atoms in total. The number of hydrogen-bond donors (Lipinski definition) is 2. The molecule has 0 aromatic heterocycles. The van der Waals surface area contributed by atoms with Crippen LogP contribution in [0.4, 0.5) is 4.79 Å². The van der Waals surface area contributed by atoms with Crippen LogP contribution in [0.2, 0.25) is 0 Å². The van der Waals surface area contributed by atoms with Crippen LogP contribution >= 0.6 is 0 Å². The summed E-state index contributed by atoms with van der Waals surface area (Å²) < 4.78 is 57.4. The number of aryl methyl sites for hydroxylation is 1. The molecule has 0 radical (unpaired) electrons. The highest BCUT2D eigenvalue weighted by atomic mass is 32.2. The Labute approximate surface area is 253 Å². The first-order valence-electron chi connectivity index (χ1n) is 14.5. The molecule has 1 saturated heterocycles. The standard InChI is InChI=1S/C32H40N2O8S/c1-38-20-21-40-28-17-16-27(31(22-28)42-24-29-15-9-18-39-29)14-8-19-41-32(35)34-43(36,37)33-23-30(25-10-4-2-5-11-25)26-12-6-3-7-13-26/h2-7,10-13,16-17,22,29-30,33H,8-9,14-15,18-21,23-24H2,1H3,(H,34,35). The number of hydrogen-bond acceptors (Lipinski definition) is 8. The second-order valence-electron chi connectivity index (χ2n) is 10.1. The first-order valence-corrected chi connectivity index (χ1v) is 15.9. The minimum Gasteiger partial charge on any atom is -0.491 e. The Morgan fingerprint density at radius 2 is 1.67 bits per heavy atom. The van der Waals surface area contributed by atoms with Gasteiger partial charge in [-0.05, 0) is 48.4 Å². The van der Waals surface area contributed by atoms with E-state index in [1.165, 1.54) is 0 Å². The van der Waals surface area contributed by atoms with Crippen molar-refractivity contribution in [3.05, 3.63) is 95.6 Å². The van der Waals surface area contributed by atoms with Gasteiger partial charge in [-0.25, -0.2) is 9.52 Å². The highest BCUT2D eigenvalue weighted by Crippen LogP contribution is 2.28. The Kier molecular flexibility index (Phi) is 12.7. The van der Waals surface area contributed by atoms with Crippen LogP contribution in [-0.2, 0) is 30.8 Å². The molecule has 1 atom stereocenters. The summed E-state index contributed by atoms with van der Waals surface area (Å²) in [6.07, 6.45) is 2.01. The smallest absolute Gasteiger partial charge is 0.421 e. The fourth-order valence-electron chi connectivity index (χ4n) is 4.76. The van der Waals surface area contributed by atoms with Crippen molar-refractivity contribution in [2.75, 3.05) is 46.7 Å². The lowest BCUT2D eigenvalue weighted by molar-refractivity contribution is 0.0674. The quantitative estimate of drug-likeness (QED) is 0.212. The van der Waals surface area contributed by atoms with Crippen LogP contribution < -0.4 is 18.9 Å². The maximum absolute atomic E-state index is 12.6. The molecule has 3 aromatic carbocycles. The average molecular weight is 613 g/mol. The Balaban J connectivity index is 1.26. The third-order valence-electron chi connectivity index (χ3n) is 6.97. The molecular weight excluding hydrogens is 572 g/mol. The number of nitrogens with one attached hydrogen (secondary N) is 2. The van der Waals surface area contributed by atoms with Crippen LogP contribution in [0, 0.1) is 0 Å². The van der Waals surface area contributed by atoms with Crippen molar-refractivity contribution in [1.82, 2.24) is 9.44 Å². The van der Waals surface area contributed by atoms with Crippen molar-refractivity contribution < 1.29 is 36.9 Å². The lowest BCUT2D eigenvalue weighted by Gasteiger charge is -2.19. The molecule has 1 unspecified atom stereocenters. The predicted molar refractivity (Wildman–Crippen MR) is 163 cm³/mol. The molecule has 2 N–H and O–H groups in total. The van der Waals surface area contributed by atoms with Crippen molar-refractivity contribution in [2.24, 2.45) is 0 Å². The van der Waals surface area contributed by atoms with Gasteiger partial charge in [0.1, 0.15) is 24.7 Å². The highest BCUT2D eigenvalue weighted by Gasteiger charge is 2.21. The summed E-state index contributed by atoms with van der Waals surface area (Å²) in [5.41, 5.74) is 2.82. The second-order valence-corrected chi connectivity index (χ2v) is 11.6. The zero-order valence-electron chi connectivity index (χ0n) is 24.4. The zero-order chi connectivity index (χ0) is 30.3. The third-order valence-corrected chi connectivity index (χ3v) is 7.95. The molecule has 43 heavy (non-hydrogen) atoms. The molecule has 1 heterocycles. The summed E-state index contributed by atoms with van der Waals surface area (Å²) >= 11 is 0. The zero-order valence-corrected chi connectivity index (χ0v) is 25.2. The van der Waals surface area contributed by atoms with Gasteiger partial charge in [0, 0.05) is 32.2 Å². The topological polar surface area (TPSA) is 121 Å². The molecule has 0 spiro atoms. The van der Waals surface area contributed by atoms with E-state index in [9.17, 15) is 13.2 Å². The third kappa shape index (κ3) is 10.9. The predicted octanol–water partition coefficient (Wildman–Crippen LogP) is 4.59. The van der Waals surface area contributed by atoms with E-state index >= 15 is 0 Å². The second kappa shape index (κ2) is 16.9. The van der Waals surface area contributed by atoms with Crippen molar-refractivity contribution in [3.8, 4) is 11.5 Å². The van der Waals surface area contributed by atoms with Crippen LogP contribution in [0.1, 0.15) is 41.9 Å². The molecule has 0 saturated carbocycles. The molecule has 0 aliphatic carbocycles. The number of benzene rings is 3. The van der Waals surface area contributed by atoms with Gasteiger partial charge in [-0.3, -0.25) is 0 Å². The number of methoxy groups -OCH3 is 1. The van der Waals surface area contributed by atoms with Gasteiger partial charge < -0.3 is 23.7 Å². The van der Waals surface area contributed by atoms with Crippen molar-refractivity contribution in [3.63, 3.8) is 0 Å². The minimum atomic E-state index is -4.15. The Morgan fingerprint density at radius 1 is 0.953 bits per heavy atom. The summed E-state index contributed by atoms with van der Waals surface area (Å²) in [5, 5.41) is 0. The van der Waals surface area contributed by atoms with Crippen LogP contribution in [0.3, 0.4) is 0 Å². The van der Waals surface area contributed by atoms with Gasteiger partial charge in [-0.15, -0.1) is 0 Å². The molecule has 0 bridgehead atoms. The first kappa shape index (κ1) is 32.3. The number of ether oxygens (including phenoxy) is 5. The number of carbonyl (C=O) groups is 1. The van der Waals surface area contributed by atoms with E-state index in [1.807, 2.05) is 83.6 Å². The molecule has 4 rings (SSSR count). The fourth-order valence-corrected chi connectivity index (χ4v) is 5.50. The van der Waals surface area contributed by atoms with Crippen LogP contribution in [0.5, 0.6) is 11.5 Å². The Morgan fingerprint density at radius 3 is 2.33 bits per heavy atom. The van der Waals surface area contributed by atoms with E-state index in [2.05, 4.69) is 4.72 Å². The largest absolute Gasteiger partial charge is 0.491 e. The molecule has 1 amide bonds. The normalized spacial score (nSPS) is 14.9. The summed E-state index contributed by atoms with van der Waals surface area (Å²) in [6.45, 7) is 2.16. The van der Waals surface area contributed by atoms with Gasteiger partial charge in [-0.2, -0.15) is 13.1 Å². The van der Waals surface area contributed by atoms with Gasteiger partial charge >= 0.3 is 16.3 Å². The first-order chi connectivity index (χ1) is 20.9. The van der Waals surface area contributed by atoms with E-state index in [-0.39, 0.29) is 25.2 Å². The van der Waals surface area contributed by atoms with E-state index in [1.54, 1.807) is 7.11 Å². The summed E-state index contributed by atoms with van der Waals surface area (Å²) in [6, 6.07) is 24.8. The van der Waals surface area contributed by atoms with Gasteiger partial charge in [0.2, 0.25) is 0 Å². The van der Waals surface area contributed by atoms with E-state index < -0.39 is 16.3 Å². The monoisotopic (exact) mass is 612 g/mol. The van der Waals surface area contributed by atoms with Crippen LogP contribution in [-0.4, -0.2) is 67.3 Å². The SMILES string of the molecule is COCCOc1ccc(CCCOC(=O)NS(=O)(=O)NCC(c2ccccc2)c2ccccc2)c(OCC2CCCO2)c1. The molecule has 1 aliphatic heterocycles. The molecule has 3 aromatic rings. The van der Waals surface area contributed by atoms with E-state index in [0.29, 0.717) is 44.2 Å². The minimum absolute atomic E-state index is 0.0231. The van der Waals surface area contributed by atoms with Gasteiger partial charge in [0.15, 0.2) is 0 Å². The molecule has 1 aliphatic rings. The molecule has 1 fully saturated rings. The molecule has 232 valence electrons. The average Bonchev–Trinajstić information content (AvgIpc) is 3.54. The Bertz CT molecular complexity index is 1330. The molecule has 11 heteroatoms. The Hall–Kier alpha value is -3.64. The van der Waals surface area contributed by atoms with Gasteiger partial charge in [-0.1, -0.05) is 66.7 Å². The summed E-state index contributed by atoms with van der Waals surface area (Å²) in [7, 11) is -2.53. The van der Waals surface area contributed by atoms with Crippen LogP contribution in [0.25, 0.3) is 0 Å². The highest BCUT2D eigenvalue weighted by molar-refractivity contribution is 7.88.